The van der Waals surface area contributed by atoms with Crippen LogP contribution in [0.4, 0.5) is 5.69 Å². The fourth-order valence-electron chi connectivity index (χ4n) is 1.48. The molecule has 1 aromatic heterocycles. The maximum atomic E-state index is 6.92. The minimum absolute atomic E-state index is 0.0889. The van der Waals surface area contributed by atoms with Crippen molar-refractivity contribution in [1.82, 2.24) is 15.0 Å². The molecule has 0 radical (unpaired) electrons. The van der Waals surface area contributed by atoms with E-state index in [2.05, 4.69) is 35.9 Å². The topological polar surface area (TPSA) is 35.1 Å². The van der Waals surface area contributed by atoms with Crippen LogP contribution in [0.1, 0.15) is 20.8 Å². The molecule has 1 aromatic carbocycles. The molecular weight excluding hydrogens is 188 g/mol. The molecule has 0 aliphatic rings. The number of nitrogens with zero attached hydrogens (tertiary/aromatic N) is 4. The molecular formula is C11H12N4. The van der Waals surface area contributed by atoms with E-state index in [-0.39, 0.29) is 5.54 Å². The lowest BCUT2D eigenvalue weighted by Gasteiger charge is -2.19. The summed E-state index contributed by atoms with van der Waals surface area (Å²) in [7, 11) is 0. The van der Waals surface area contributed by atoms with Crippen molar-refractivity contribution in [3.63, 3.8) is 0 Å². The Labute approximate surface area is 88.3 Å². The first-order valence-electron chi connectivity index (χ1n) is 4.76. The van der Waals surface area contributed by atoms with E-state index in [9.17, 15) is 0 Å². The monoisotopic (exact) mass is 200 g/mol. The van der Waals surface area contributed by atoms with Gasteiger partial charge in [0.1, 0.15) is 5.52 Å². The molecule has 0 aliphatic heterocycles. The van der Waals surface area contributed by atoms with Gasteiger partial charge in [-0.1, -0.05) is 11.3 Å². The maximum Gasteiger partial charge on any atom is 0.189 e. The van der Waals surface area contributed by atoms with Crippen molar-refractivity contribution >= 4 is 16.7 Å². The van der Waals surface area contributed by atoms with Gasteiger partial charge in [-0.3, -0.25) is 0 Å². The summed E-state index contributed by atoms with van der Waals surface area (Å²) in [6, 6.07) is 5.45. The third kappa shape index (κ3) is 1.57. The average molecular weight is 200 g/mol. The van der Waals surface area contributed by atoms with Gasteiger partial charge in [0.05, 0.1) is 17.6 Å². The minimum Gasteiger partial charge on any atom is -0.240 e. The van der Waals surface area contributed by atoms with Gasteiger partial charge >= 0.3 is 0 Å². The quantitative estimate of drug-likeness (QED) is 0.613. The Morgan fingerprint density at radius 3 is 2.67 bits per heavy atom. The molecule has 2 aromatic rings. The summed E-state index contributed by atoms with van der Waals surface area (Å²) in [4.78, 5) is 3.37. The molecule has 4 heteroatoms. The smallest absolute Gasteiger partial charge is 0.189 e. The van der Waals surface area contributed by atoms with Gasteiger partial charge in [-0.05, 0) is 32.9 Å². The Balaban J connectivity index is 2.69. The van der Waals surface area contributed by atoms with E-state index in [4.69, 9.17) is 6.57 Å². The first-order chi connectivity index (χ1) is 7.02. The van der Waals surface area contributed by atoms with E-state index in [0.29, 0.717) is 5.69 Å². The molecule has 0 fully saturated rings. The molecule has 0 N–H and O–H groups in total. The largest absolute Gasteiger partial charge is 0.240 e. The number of benzene rings is 1. The average Bonchev–Trinajstić information content (AvgIpc) is 2.59. The number of fused-ring (bicyclic) bond motifs is 1. The van der Waals surface area contributed by atoms with Crippen LogP contribution in [-0.4, -0.2) is 15.0 Å². The molecule has 0 aliphatic carbocycles. The van der Waals surface area contributed by atoms with Gasteiger partial charge < -0.3 is 0 Å². The first-order valence-corrected chi connectivity index (χ1v) is 4.76. The second-order valence-corrected chi connectivity index (χ2v) is 4.46. The minimum atomic E-state index is -0.0889. The Morgan fingerprint density at radius 1 is 1.33 bits per heavy atom. The van der Waals surface area contributed by atoms with Gasteiger partial charge in [-0.2, -0.15) is 0 Å². The van der Waals surface area contributed by atoms with Gasteiger partial charge in [-0.25, -0.2) is 9.53 Å². The number of rotatable bonds is 0. The summed E-state index contributed by atoms with van der Waals surface area (Å²) in [5.74, 6) is 0. The number of hydrogen-bond donors (Lipinski definition) is 0. The lowest BCUT2D eigenvalue weighted by atomic mass is 10.1. The summed E-state index contributed by atoms with van der Waals surface area (Å²) >= 11 is 0. The highest BCUT2D eigenvalue weighted by atomic mass is 15.4. The van der Waals surface area contributed by atoms with Crippen molar-refractivity contribution in [2.75, 3.05) is 0 Å². The van der Waals surface area contributed by atoms with Crippen LogP contribution in [0.3, 0.4) is 0 Å². The van der Waals surface area contributed by atoms with Crippen molar-refractivity contribution in [3.05, 3.63) is 29.6 Å². The van der Waals surface area contributed by atoms with Crippen molar-refractivity contribution in [2.24, 2.45) is 0 Å². The fraction of sp³-hybridized carbons (Fsp3) is 0.364. The van der Waals surface area contributed by atoms with Crippen LogP contribution in [0.5, 0.6) is 0 Å². The zero-order valence-electron chi connectivity index (χ0n) is 9.02. The molecule has 76 valence electrons. The SMILES string of the molecule is [C-]#[N+]c1ccc2c(c1)nnn2C(C)(C)C. The summed E-state index contributed by atoms with van der Waals surface area (Å²) in [6.45, 7) is 13.1. The molecule has 15 heavy (non-hydrogen) atoms. The maximum absolute atomic E-state index is 6.92. The van der Waals surface area contributed by atoms with Crippen LogP contribution in [0, 0.1) is 6.57 Å². The fourth-order valence-corrected chi connectivity index (χ4v) is 1.48. The Kier molecular flexibility index (Phi) is 1.97. The van der Waals surface area contributed by atoms with Crippen molar-refractivity contribution in [1.29, 1.82) is 0 Å². The zero-order chi connectivity index (χ0) is 11.1. The van der Waals surface area contributed by atoms with Gasteiger partial charge in [0, 0.05) is 0 Å². The highest BCUT2D eigenvalue weighted by Gasteiger charge is 2.17. The lowest BCUT2D eigenvalue weighted by Crippen LogP contribution is -2.22. The summed E-state index contributed by atoms with van der Waals surface area (Å²) in [5.41, 5.74) is 2.26. The van der Waals surface area contributed by atoms with E-state index >= 15 is 0 Å². The Morgan fingerprint density at radius 2 is 2.07 bits per heavy atom. The predicted octanol–water partition coefficient (Wildman–Crippen LogP) is 2.74. The second-order valence-electron chi connectivity index (χ2n) is 4.46. The Hall–Kier alpha value is -1.89. The molecule has 0 atom stereocenters. The number of aromatic nitrogens is 3. The molecule has 0 bridgehead atoms. The zero-order valence-corrected chi connectivity index (χ0v) is 9.02. The third-order valence-electron chi connectivity index (χ3n) is 2.19. The molecule has 0 unspecified atom stereocenters. The highest BCUT2D eigenvalue weighted by Crippen LogP contribution is 2.23. The molecule has 0 spiro atoms. The first kappa shape index (κ1) is 9.66. The van der Waals surface area contributed by atoms with Gasteiger partial charge in [-0.15, -0.1) is 5.10 Å². The molecule has 0 amide bonds. The van der Waals surface area contributed by atoms with Crippen LogP contribution in [0.25, 0.3) is 15.9 Å². The van der Waals surface area contributed by atoms with Crippen molar-refractivity contribution in [3.8, 4) is 0 Å². The van der Waals surface area contributed by atoms with E-state index in [1.807, 2.05) is 10.7 Å². The normalized spacial score (nSPS) is 11.6. The summed E-state index contributed by atoms with van der Waals surface area (Å²) < 4.78 is 1.87. The predicted molar refractivity (Wildman–Crippen MR) is 58.8 cm³/mol. The second kappa shape index (κ2) is 3.06. The molecule has 0 saturated heterocycles. The van der Waals surface area contributed by atoms with Gasteiger partial charge in [0.2, 0.25) is 0 Å². The summed E-state index contributed by atoms with van der Waals surface area (Å²) in [6.07, 6.45) is 0. The molecule has 4 nitrogen and oxygen atoms in total. The molecule has 2 rings (SSSR count). The van der Waals surface area contributed by atoms with Crippen molar-refractivity contribution < 1.29 is 0 Å². The summed E-state index contributed by atoms with van der Waals surface area (Å²) in [5, 5.41) is 8.17. The number of hydrogen-bond acceptors (Lipinski definition) is 2. The van der Waals surface area contributed by atoms with Crippen LogP contribution in [0.15, 0.2) is 18.2 Å². The van der Waals surface area contributed by atoms with E-state index in [1.165, 1.54) is 0 Å². The van der Waals surface area contributed by atoms with Crippen LogP contribution >= 0.6 is 0 Å². The molecule has 1 heterocycles. The van der Waals surface area contributed by atoms with Crippen LogP contribution in [0.2, 0.25) is 0 Å². The van der Waals surface area contributed by atoms with E-state index < -0.39 is 0 Å². The van der Waals surface area contributed by atoms with Gasteiger partial charge in [0.25, 0.3) is 0 Å². The third-order valence-corrected chi connectivity index (χ3v) is 2.19. The van der Waals surface area contributed by atoms with Crippen molar-refractivity contribution in [2.45, 2.75) is 26.3 Å². The van der Waals surface area contributed by atoms with E-state index in [1.54, 1.807) is 12.1 Å². The standard InChI is InChI=1S/C11H12N4/c1-11(2,3)15-10-6-5-8(12-4)7-9(10)13-14-15/h5-7H,1-3H3. The van der Waals surface area contributed by atoms with Crippen LogP contribution < -0.4 is 0 Å². The highest BCUT2D eigenvalue weighted by molar-refractivity contribution is 5.79. The Bertz CT molecular complexity index is 540. The van der Waals surface area contributed by atoms with Gasteiger partial charge in [0.15, 0.2) is 5.69 Å². The van der Waals surface area contributed by atoms with Crippen LogP contribution in [-0.2, 0) is 5.54 Å². The van der Waals surface area contributed by atoms with E-state index in [0.717, 1.165) is 11.0 Å². The lowest BCUT2D eigenvalue weighted by molar-refractivity contribution is 0.358. The molecule has 0 saturated carbocycles.